The first-order valence-electron chi connectivity index (χ1n) is 8.13. The van der Waals surface area contributed by atoms with Crippen molar-refractivity contribution >= 4 is 17.5 Å². The van der Waals surface area contributed by atoms with Crippen molar-refractivity contribution in [3.05, 3.63) is 58.4 Å². The van der Waals surface area contributed by atoms with Gasteiger partial charge in [-0.1, -0.05) is 17.7 Å². The number of piperidine rings is 1. The van der Waals surface area contributed by atoms with E-state index in [2.05, 4.69) is 18.0 Å². The van der Waals surface area contributed by atoms with Crippen LogP contribution in [0.25, 0.3) is 0 Å². The van der Waals surface area contributed by atoms with Gasteiger partial charge in [0.2, 0.25) is 0 Å². The van der Waals surface area contributed by atoms with E-state index in [-0.39, 0.29) is 5.91 Å². The minimum Gasteiger partial charge on any atom is -0.495 e. The third-order valence-electron chi connectivity index (χ3n) is 4.58. The Morgan fingerprint density at radius 1 is 1.33 bits per heavy atom. The summed E-state index contributed by atoms with van der Waals surface area (Å²) in [6.45, 7) is 3.58. The van der Waals surface area contributed by atoms with Crippen molar-refractivity contribution in [3.8, 4) is 5.75 Å². The van der Waals surface area contributed by atoms with Crippen LogP contribution < -0.4 is 4.74 Å². The minimum atomic E-state index is 0.0118. The highest BCUT2D eigenvalue weighted by molar-refractivity contribution is 6.30. The Bertz CT molecular complexity index is 748. The first-order chi connectivity index (χ1) is 11.6. The monoisotopic (exact) mass is 344 g/mol. The molecule has 1 aromatic carbocycles. The summed E-state index contributed by atoms with van der Waals surface area (Å²) < 4.78 is 5.16. The van der Waals surface area contributed by atoms with Crippen LogP contribution in [0.2, 0.25) is 5.02 Å². The van der Waals surface area contributed by atoms with Crippen LogP contribution in [0, 0.1) is 6.92 Å². The molecule has 1 aliphatic rings. The van der Waals surface area contributed by atoms with Gasteiger partial charge < -0.3 is 9.64 Å². The number of methoxy groups -OCH3 is 1. The number of pyridine rings is 1. The summed E-state index contributed by atoms with van der Waals surface area (Å²) in [6.07, 6.45) is 5.29. The average molecular weight is 345 g/mol. The molecule has 1 aliphatic heterocycles. The van der Waals surface area contributed by atoms with Crippen LogP contribution in [0.1, 0.15) is 40.2 Å². The van der Waals surface area contributed by atoms with Crippen LogP contribution in [0.5, 0.6) is 5.75 Å². The van der Waals surface area contributed by atoms with Crippen molar-refractivity contribution < 1.29 is 9.53 Å². The zero-order valence-electron chi connectivity index (χ0n) is 14.0. The number of carbonyl (C=O) groups is 1. The van der Waals surface area contributed by atoms with Crippen LogP contribution >= 0.6 is 11.6 Å². The molecule has 3 rings (SSSR count). The Balaban J connectivity index is 1.78. The Labute approximate surface area is 147 Å². The van der Waals surface area contributed by atoms with Gasteiger partial charge in [-0.2, -0.15) is 0 Å². The second-order valence-corrected chi connectivity index (χ2v) is 6.64. The molecule has 1 fully saturated rings. The molecule has 1 saturated heterocycles. The molecule has 0 aliphatic carbocycles. The molecule has 2 heterocycles. The lowest BCUT2D eigenvalue weighted by molar-refractivity contribution is 0.0706. The summed E-state index contributed by atoms with van der Waals surface area (Å²) in [5, 5.41) is 0.752. The van der Waals surface area contributed by atoms with Crippen LogP contribution in [0.15, 0.2) is 36.7 Å². The maximum atomic E-state index is 12.8. The van der Waals surface area contributed by atoms with Crippen LogP contribution in [0.3, 0.4) is 0 Å². The first-order valence-corrected chi connectivity index (χ1v) is 8.50. The van der Waals surface area contributed by atoms with Crippen molar-refractivity contribution in [2.75, 3.05) is 20.2 Å². The molecule has 0 radical (unpaired) electrons. The van der Waals surface area contributed by atoms with Crippen molar-refractivity contribution in [2.45, 2.75) is 25.7 Å². The molecule has 4 nitrogen and oxygen atoms in total. The molecule has 0 bridgehead atoms. The number of amides is 1. The fourth-order valence-corrected chi connectivity index (χ4v) is 3.57. The number of carbonyl (C=O) groups excluding carboxylic acids is 1. The highest BCUT2D eigenvalue weighted by Crippen LogP contribution is 2.31. The largest absolute Gasteiger partial charge is 0.495 e. The first kappa shape index (κ1) is 16.8. The van der Waals surface area contributed by atoms with Gasteiger partial charge in [0.1, 0.15) is 5.75 Å². The maximum Gasteiger partial charge on any atom is 0.255 e. The molecule has 0 saturated carbocycles. The van der Waals surface area contributed by atoms with E-state index in [1.165, 1.54) is 11.1 Å². The molecule has 1 aromatic heterocycles. The third kappa shape index (κ3) is 3.54. The van der Waals surface area contributed by atoms with Gasteiger partial charge >= 0.3 is 0 Å². The van der Waals surface area contributed by atoms with E-state index < -0.39 is 0 Å². The number of nitrogens with zero attached hydrogens (tertiary/aromatic N) is 2. The van der Waals surface area contributed by atoms with E-state index in [1.807, 2.05) is 17.0 Å². The summed E-state index contributed by atoms with van der Waals surface area (Å²) in [6, 6.07) is 7.75. The number of aromatic nitrogens is 1. The Kier molecular flexibility index (Phi) is 5.05. The number of ether oxygens (including phenoxy) is 1. The molecule has 1 amide bonds. The van der Waals surface area contributed by atoms with Gasteiger partial charge in [0.15, 0.2) is 0 Å². The maximum absolute atomic E-state index is 12.8. The number of benzene rings is 1. The van der Waals surface area contributed by atoms with E-state index in [0.717, 1.165) is 31.0 Å². The topological polar surface area (TPSA) is 42.4 Å². The average Bonchev–Trinajstić information content (AvgIpc) is 2.61. The molecule has 1 atom stereocenters. The smallest absolute Gasteiger partial charge is 0.255 e. The van der Waals surface area contributed by atoms with E-state index in [1.54, 1.807) is 25.6 Å². The third-order valence-corrected chi connectivity index (χ3v) is 4.81. The van der Waals surface area contributed by atoms with Gasteiger partial charge in [0.05, 0.1) is 18.9 Å². The number of halogens is 1. The fraction of sp³-hybridized carbons (Fsp3) is 0.368. The van der Waals surface area contributed by atoms with E-state index in [0.29, 0.717) is 17.2 Å². The summed E-state index contributed by atoms with van der Waals surface area (Å²) in [5.41, 5.74) is 3.04. The van der Waals surface area contributed by atoms with Crippen molar-refractivity contribution in [1.82, 2.24) is 9.88 Å². The normalized spacial score (nSPS) is 17.6. The summed E-state index contributed by atoms with van der Waals surface area (Å²) in [7, 11) is 1.57. The number of likely N-dealkylation sites (tertiary alicyclic amines) is 1. The molecule has 1 unspecified atom stereocenters. The Hall–Kier alpha value is -2.07. The summed E-state index contributed by atoms with van der Waals surface area (Å²) in [4.78, 5) is 18.8. The molecular formula is C19H21ClN2O2. The quantitative estimate of drug-likeness (QED) is 0.842. The van der Waals surface area contributed by atoms with Gasteiger partial charge in [-0.15, -0.1) is 0 Å². The van der Waals surface area contributed by atoms with Gasteiger partial charge in [-0.05, 0) is 49.1 Å². The molecular weight excluding hydrogens is 324 g/mol. The van der Waals surface area contributed by atoms with Crippen LogP contribution in [-0.2, 0) is 0 Å². The minimum absolute atomic E-state index is 0.0118. The van der Waals surface area contributed by atoms with Crippen LogP contribution in [-0.4, -0.2) is 36.0 Å². The van der Waals surface area contributed by atoms with Crippen molar-refractivity contribution in [2.24, 2.45) is 0 Å². The van der Waals surface area contributed by atoms with Gasteiger partial charge in [-0.3, -0.25) is 9.78 Å². The van der Waals surface area contributed by atoms with Gasteiger partial charge in [0, 0.05) is 30.2 Å². The number of rotatable bonds is 3. The highest BCUT2D eigenvalue weighted by atomic mass is 35.5. The predicted molar refractivity (Wildman–Crippen MR) is 94.9 cm³/mol. The van der Waals surface area contributed by atoms with Crippen LogP contribution in [0.4, 0.5) is 0 Å². The molecule has 126 valence electrons. The second-order valence-electron chi connectivity index (χ2n) is 6.20. The van der Waals surface area contributed by atoms with E-state index in [4.69, 9.17) is 16.3 Å². The van der Waals surface area contributed by atoms with Gasteiger partial charge in [-0.25, -0.2) is 0 Å². The molecule has 0 N–H and O–H groups in total. The lowest BCUT2D eigenvalue weighted by Gasteiger charge is -2.33. The molecule has 2 aromatic rings. The van der Waals surface area contributed by atoms with E-state index >= 15 is 0 Å². The number of hydrogen-bond donors (Lipinski definition) is 0. The summed E-state index contributed by atoms with van der Waals surface area (Å²) in [5.74, 6) is 0.958. The second kappa shape index (κ2) is 7.22. The Morgan fingerprint density at radius 2 is 2.17 bits per heavy atom. The van der Waals surface area contributed by atoms with E-state index in [9.17, 15) is 4.79 Å². The predicted octanol–water partition coefficient (Wildman–Crippen LogP) is 4.07. The number of hydrogen-bond acceptors (Lipinski definition) is 3. The Morgan fingerprint density at radius 3 is 2.92 bits per heavy atom. The summed E-state index contributed by atoms with van der Waals surface area (Å²) >= 11 is 6.06. The lowest BCUT2D eigenvalue weighted by Crippen LogP contribution is -2.39. The SMILES string of the molecule is COc1cncc(C(=O)N2CCCC(c3ccc(Cl)cc3C)C2)c1. The van der Waals surface area contributed by atoms with Crippen molar-refractivity contribution in [3.63, 3.8) is 0 Å². The zero-order valence-corrected chi connectivity index (χ0v) is 14.7. The number of aryl methyl sites for hydroxylation is 1. The molecule has 5 heteroatoms. The highest BCUT2D eigenvalue weighted by Gasteiger charge is 2.26. The van der Waals surface area contributed by atoms with Crippen molar-refractivity contribution in [1.29, 1.82) is 0 Å². The zero-order chi connectivity index (χ0) is 17.1. The fourth-order valence-electron chi connectivity index (χ4n) is 3.34. The standard InChI is InChI=1S/C19H21ClN2O2/c1-13-8-16(20)5-6-18(13)14-4-3-7-22(12-14)19(23)15-9-17(24-2)11-21-10-15/h5-6,8-11,14H,3-4,7,12H2,1-2H3. The van der Waals surface area contributed by atoms with Gasteiger partial charge in [0.25, 0.3) is 5.91 Å². The molecule has 0 spiro atoms. The lowest BCUT2D eigenvalue weighted by atomic mass is 9.88. The molecule has 24 heavy (non-hydrogen) atoms.